The van der Waals surface area contributed by atoms with Crippen LogP contribution in [-0.2, 0) is 45.0 Å². The van der Waals surface area contributed by atoms with Gasteiger partial charge in [0.15, 0.2) is 5.78 Å². The van der Waals surface area contributed by atoms with Crippen LogP contribution in [0.2, 0.25) is 39.3 Å². The number of rotatable bonds is 6. The SMILES string of the molecule is C.C=C(O)c1ccccn1.CC(=O)C=C(C)O.Cc1c[c-]c(-c2ccc([Si](C)(C)C)cn2)c(C)n1.Cc1c[c-]c(-c2ccc([Si](C)(C)C)cn2)c(C)n1.[Ir].[Ir]. The molecule has 0 bridgehead atoms. The van der Waals surface area contributed by atoms with Crippen molar-refractivity contribution in [3.63, 3.8) is 0 Å². The molecule has 0 aromatic carbocycles. The zero-order valence-corrected chi connectivity index (χ0v) is 40.2. The second-order valence-electron chi connectivity index (χ2n) is 14.4. The molecule has 0 amide bonds. The first-order valence-electron chi connectivity index (χ1n) is 17.0. The van der Waals surface area contributed by atoms with Crippen molar-refractivity contribution in [2.45, 2.75) is 88.3 Å². The fraction of sp³-hybridized carbons (Fsp3) is 0.302. The summed E-state index contributed by atoms with van der Waals surface area (Å²) < 4.78 is 0. The van der Waals surface area contributed by atoms with E-state index in [1.165, 1.54) is 30.3 Å². The number of aromatic nitrogens is 5. The molecule has 5 rings (SSSR count). The van der Waals surface area contributed by atoms with Crippen LogP contribution in [0, 0.1) is 39.8 Å². The van der Waals surface area contributed by atoms with Gasteiger partial charge in [-0.2, -0.15) is 0 Å². The molecule has 5 aromatic rings. The quantitative estimate of drug-likeness (QED) is 0.0747. The van der Waals surface area contributed by atoms with E-state index in [0.717, 1.165) is 45.3 Å². The largest absolute Gasteiger partial charge is 0.512 e. The molecule has 2 radical (unpaired) electrons. The topological polar surface area (TPSA) is 122 Å². The Labute approximate surface area is 358 Å². The van der Waals surface area contributed by atoms with E-state index in [0.29, 0.717) is 5.69 Å². The molecule has 0 fully saturated rings. The van der Waals surface area contributed by atoms with E-state index in [1.807, 2.05) is 52.2 Å². The van der Waals surface area contributed by atoms with Gasteiger partial charge in [0.05, 0.1) is 21.9 Å². The number of carbonyl (C=O) groups excluding carboxylic acids is 1. The molecule has 0 spiro atoms. The predicted octanol–water partition coefficient (Wildman–Crippen LogP) is 9.49. The van der Waals surface area contributed by atoms with E-state index in [9.17, 15) is 4.79 Å². The van der Waals surface area contributed by atoms with Crippen LogP contribution in [0.5, 0.6) is 0 Å². The van der Waals surface area contributed by atoms with Gasteiger partial charge in [0.1, 0.15) is 11.5 Å². The van der Waals surface area contributed by atoms with Crippen LogP contribution in [0.1, 0.15) is 49.7 Å². The number of aliphatic hydroxyl groups is 2. The Morgan fingerprint density at radius 1 is 0.691 bits per heavy atom. The number of carbonyl (C=O) groups is 1. The van der Waals surface area contributed by atoms with Gasteiger partial charge in [0.25, 0.3) is 0 Å². The Bertz CT molecular complexity index is 1850. The van der Waals surface area contributed by atoms with Gasteiger partial charge in [-0.25, -0.2) is 0 Å². The molecule has 55 heavy (non-hydrogen) atoms. The van der Waals surface area contributed by atoms with Crippen molar-refractivity contribution in [1.29, 1.82) is 0 Å². The molecule has 5 heterocycles. The van der Waals surface area contributed by atoms with Gasteiger partial charge in [0.2, 0.25) is 0 Å². The van der Waals surface area contributed by atoms with Crippen LogP contribution in [-0.4, -0.2) is 57.1 Å². The fourth-order valence-electron chi connectivity index (χ4n) is 4.58. The van der Waals surface area contributed by atoms with Crippen LogP contribution in [0.4, 0.5) is 0 Å². The molecule has 0 unspecified atom stereocenters. The molecule has 0 aliphatic carbocycles. The molecule has 12 heteroatoms. The summed E-state index contributed by atoms with van der Waals surface area (Å²) in [6.45, 7) is 28.1. The van der Waals surface area contributed by atoms with Crippen LogP contribution in [0.15, 0.2) is 91.6 Å². The van der Waals surface area contributed by atoms with E-state index >= 15 is 0 Å². The predicted molar refractivity (Wildman–Crippen MR) is 227 cm³/mol. The molecule has 0 aliphatic rings. The zero-order chi connectivity index (χ0) is 39.2. The third-order valence-corrected chi connectivity index (χ3v) is 11.5. The van der Waals surface area contributed by atoms with Gasteiger partial charge in [0, 0.05) is 64.9 Å². The average molecular weight is 1130 g/mol. The summed E-state index contributed by atoms with van der Waals surface area (Å²) in [5.41, 5.74) is 8.42. The number of hydrogen-bond acceptors (Lipinski definition) is 8. The second kappa shape index (κ2) is 24.7. The monoisotopic (exact) mass is 1130 g/mol. The fourth-order valence-corrected chi connectivity index (χ4v) is 6.65. The Hall–Kier alpha value is -3.77. The number of nitrogens with zero attached hydrogens (tertiary/aromatic N) is 5. The Morgan fingerprint density at radius 3 is 1.33 bits per heavy atom. The maximum atomic E-state index is 10.0. The van der Waals surface area contributed by atoms with Crippen molar-refractivity contribution in [3.8, 4) is 22.5 Å². The Kier molecular flexibility index (Phi) is 23.9. The van der Waals surface area contributed by atoms with Crippen molar-refractivity contribution in [2.24, 2.45) is 0 Å². The minimum Gasteiger partial charge on any atom is -0.512 e. The van der Waals surface area contributed by atoms with E-state index in [-0.39, 0.29) is 64.9 Å². The van der Waals surface area contributed by atoms with Crippen molar-refractivity contribution >= 4 is 38.1 Å². The second-order valence-corrected chi connectivity index (χ2v) is 24.6. The van der Waals surface area contributed by atoms with Crippen molar-refractivity contribution in [1.82, 2.24) is 24.9 Å². The first-order valence-corrected chi connectivity index (χ1v) is 24.0. The molecule has 300 valence electrons. The van der Waals surface area contributed by atoms with E-state index in [4.69, 9.17) is 10.2 Å². The number of allylic oxidation sites excluding steroid dienone is 2. The maximum Gasteiger partial charge on any atom is 0.155 e. The average Bonchev–Trinajstić information content (AvgIpc) is 3.05. The summed E-state index contributed by atoms with van der Waals surface area (Å²) >= 11 is 0. The third kappa shape index (κ3) is 19.1. The summed E-state index contributed by atoms with van der Waals surface area (Å²) in [6.07, 6.45) is 6.79. The van der Waals surface area contributed by atoms with Gasteiger partial charge in [-0.15, -0.1) is 35.4 Å². The van der Waals surface area contributed by atoms with Gasteiger partial charge in [-0.3, -0.25) is 9.78 Å². The molecular weight excluding hydrogens is 1080 g/mol. The first-order chi connectivity index (χ1) is 24.2. The van der Waals surface area contributed by atoms with Gasteiger partial charge < -0.3 is 30.1 Å². The summed E-state index contributed by atoms with van der Waals surface area (Å²) in [5.74, 6) is -0.0527. The first kappa shape index (κ1) is 53.3. The smallest absolute Gasteiger partial charge is 0.155 e. The van der Waals surface area contributed by atoms with Crippen molar-refractivity contribution in [2.75, 3.05) is 0 Å². The molecule has 0 saturated heterocycles. The van der Waals surface area contributed by atoms with Crippen molar-refractivity contribution < 1.29 is 55.2 Å². The van der Waals surface area contributed by atoms with Gasteiger partial charge >= 0.3 is 0 Å². The minimum atomic E-state index is -1.27. The van der Waals surface area contributed by atoms with Crippen LogP contribution >= 0.6 is 0 Å². The normalized spacial score (nSPS) is 10.5. The molecular formula is C43H57Ir2N5O3Si2-2. The molecule has 0 saturated carbocycles. The number of aliphatic hydroxyl groups excluding tert-OH is 2. The molecule has 0 atom stereocenters. The summed E-state index contributed by atoms with van der Waals surface area (Å²) in [4.78, 5) is 31.9. The molecule has 8 nitrogen and oxygen atoms in total. The van der Waals surface area contributed by atoms with Gasteiger partial charge in [-0.05, 0) is 70.5 Å². The number of ketones is 1. The number of hydrogen-bond donors (Lipinski definition) is 2. The summed E-state index contributed by atoms with van der Waals surface area (Å²) in [6, 6.07) is 24.2. The number of pyridine rings is 5. The van der Waals surface area contributed by atoms with E-state index < -0.39 is 16.1 Å². The molecule has 5 aromatic heterocycles. The van der Waals surface area contributed by atoms with Crippen LogP contribution < -0.4 is 10.4 Å². The van der Waals surface area contributed by atoms with E-state index in [1.54, 1.807) is 24.4 Å². The molecule has 2 N–H and O–H groups in total. The van der Waals surface area contributed by atoms with Crippen LogP contribution in [0.25, 0.3) is 28.3 Å². The minimum absolute atomic E-state index is 0. The summed E-state index contributed by atoms with van der Waals surface area (Å²) in [7, 11) is -2.54. The van der Waals surface area contributed by atoms with Crippen molar-refractivity contribution in [3.05, 3.63) is 132 Å². The zero-order valence-electron chi connectivity index (χ0n) is 33.4. The number of aryl methyl sites for hydroxylation is 4. The molecule has 0 aliphatic heterocycles. The third-order valence-electron chi connectivity index (χ3n) is 7.41. The summed E-state index contributed by atoms with van der Waals surface area (Å²) in [5, 5.41) is 19.9. The van der Waals surface area contributed by atoms with E-state index in [2.05, 4.69) is 107 Å². The van der Waals surface area contributed by atoms with Gasteiger partial charge in [-0.1, -0.05) is 111 Å². The Morgan fingerprint density at radius 2 is 1.11 bits per heavy atom. The van der Waals surface area contributed by atoms with Crippen LogP contribution in [0.3, 0.4) is 0 Å². The maximum absolute atomic E-state index is 10.0. The standard InChI is InChI=1S/2C15H19N2Si.C7H7NO.C5H8O2.CH4.2Ir/c2*1-11-6-8-14(12(2)17-11)15-9-7-13(10-16-15)18(3,4)5;1-6(9)7-4-2-3-5-8-7;1-4(6)3-5(2)7;;;/h2*6-7,9-10H,1-5H3;2-5,9H,1H2;3,6H,1-2H3;1H4;;/q2*-1;;;;;. The Balaban J connectivity index is 0.